The van der Waals surface area contributed by atoms with Gasteiger partial charge in [-0.15, -0.1) is 0 Å². The topological polar surface area (TPSA) is 32.3 Å². The highest BCUT2D eigenvalue weighted by molar-refractivity contribution is 7.98. The Morgan fingerprint density at radius 1 is 1.42 bits per heavy atom. The zero-order chi connectivity index (χ0) is 14.3. The number of halogens is 1. The van der Waals surface area contributed by atoms with Gasteiger partial charge in [0, 0.05) is 12.1 Å². The van der Waals surface area contributed by atoms with Crippen LogP contribution in [0.15, 0.2) is 24.3 Å². The summed E-state index contributed by atoms with van der Waals surface area (Å²) in [7, 11) is 3.55. The Morgan fingerprint density at radius 2 is 2.11 bits per heavy atom. The summed E-state index contributed by atoms with van der Waals surface area (Å²) in [4.78, 5) is 13.9. The van der Waals surface area contributed by atoms with Crippen LogP contribution >= 0.6 is 11.8 Å². The van der Waals surface area contributed by atoms with Crippen molar-refractivity contribution in [1.29, 1.82) is 0 Å². The average Bonchev–Trinajstić information content (AvgIpc) is 2.37. The Morgan fingerprint density at radius 3 is 2.68 bits per heavy atom. The molecule has 1 unspecified atom stereocenters. The maximum atomic E-state index is 13.8. The molecule has 1 N–H and O–H groups in total. The molecule has 0 fully saturated rings. The lowest BCUT2D eigenvalue weighted by molar-refractivity contribution is -0.125. The standard InChI is InChI=1S/C14H21FN2OS/c1-17(2)13(11-7-4-5-8-12(11)15)14(18)16-9-6-10-19-3/h4-5,7-8,13H,6,9-10H2,1-3H3,(H,16,18). The molecular weight excluding hydrogens is 263 g/mol. The highest BCUT2D eigenvalue weighted by Crippen LogP contribution is 2.21. The van der Waals surface area contributed by atoms with Gasteiger partial charge in [0.25, 0.3) is 0 Å². The fourth-order valence-corrected chi connectivity index (χ4v) is 2.31. The molecule has 1 aromatic rings. The second kappa shape index (κ2) is 8.17. The van der Waals surface area contributed by atoms with Crippen molar-refractivity contribution in [3.05, 3.63) is 35.6 Å². The minimum Gasteiger partial charge on any atom is -0.354 e. The number of amides is 1. The van der Waals surface area contributed by atoms with E-state index in [2.05, 4.69) is 5.32 Å². The quantitative estimate of drug-likeness (QED) is 0.780. The molecule has 1 atom stereocenters. The molecule has 0 bridgehead atoms. The van der Waals surface area contributed by atoms with Crippen molar-refractivity contribution >= 4 is 17.7 Å². The third-order valence-corrected chi connectivity index (χ3v) is 3.49. The van der Waals surface area contributed by atoms with E-state index in [0.29, 0.717) is 12.1 Å². The Hall–Kier alpha value is -1.07. The van der Waals surface area contributed by atoms with Crippen molar-refractivity contribution in [3.63, 3.8) is 0 Å². The summed E-state index contributed by atoms with van der Waals surface area (Å²) in [6, 6.07) is 5.82. The van der Waals surface area contributed by atoms with E-state index >= 15 is 0 Å². The molecule has 0 heterocycles. The summed E-state index contributed by atoms with van der Waals surface area (Å²) in [5.74, 6) is 0.503. The third kappa shape index (κ3) is 4.84. The van der Waals surface area contributed by atoms with Crippen LogP contribution in [0.3, 0.4) is 0 Å². The monoisotopic (exact) mass is 284 g/mol. The Bertz CT molecular complexity index is 412. The average molecular weight is 284 g/mol. The number of nitrogens with one attached hydrogen (secondary N) is 1. The van der Waals surface area contributed by atoms with Crippen LogP contribution in [0.1, 0.15) is 18.0 Å². The van der Waals surface area contributed by atoms with Crippen LogP contribution in [-0.2, 0) is 4.79 Å². The fourth-order valence-electron chi connectivity index (χ4n) is 1.88. The van der Waals surface area contributed by atoms with Gasteiger partial charge in [-0.05, 0) is 38.6 Å². The second-order valence-electron chi connectivity index (χ2n) is 4.53. The molecule has 1 rings (SSSR count). The lowest BCUT2D eigenvalue weighted by Crippen LogP contribution is -2.38. The first-order chi connectivity index (χ1) is 9.07. The molecule has 19 heavy (non-hydrogen) atoms. The summed E-state index contributed by atoms with van der Waals surface area (Å²) in [5.41, 5.74) is 0.412. The van der Waals surface area contributed by atoms with E-state index in [1.165, 1.54) is 6.07 Å². The number of likely N-dealkylation sites (N-methyl/N-ethyl adjacent to an activating group) is 1. The highest BCUT2D eigenvalue weighted by Gasteiger charge is 2.24. The van der Waals surface area contributed by atoms with Crippen LogP contribution in [0.5, 0.6) is 0 Å². The molecule has 106 valence electrons. The first-order valence-corrected chi connectivity index (χ1v) is 7.64. The smallest absolute Gasteiger partial charge is 0.242 e. The van der Waals surface area contributed by atoms with Crippen LogP contribution in [0.25, 0.3) is 0 Å². The molecule has 0 aliphatic rings. The first-order valence-electron chi connectivity index (χ1n) is 6.25. The van der Waals surface area contributed by atoms with Crippen molar-refractivity contribution in [3.8, 4) is 0 Å². The molecule has 0 saturated heterocycles. The number of carbonyl (C=O) groups excluding carboxylic acids is 1. The number of hydrogen-bond donors (Lipinski definition) is 1. The number of hydrogen-bond acceptors (Lipinski definition) is 3. The highest BCUT2D eigenvalue weighted by atomic mass is 32.2. The molecule has 1 amide bonds. The van der Waals surface area contributed by atoms with Gasteiger partial charge in [0.2, 0.25) is 5.91 Å². The van der Waals surface area contributed by atoms with Crippen LogP contribution in [0.2, 0.25) is 0 Å². The summed E-state index contributed by atoms with van der Waals surface area (Å²) in [6.07, 6.45) is 2.95. The van der Waals surface area contributed by atoms with Gasteiger partial charge in [0.05, 0.1) is 0 Å². The summed E-state index contributed by atoms with van der Waals surface area (Å²) < 4.78 is 13.8. The molecule has 0 saturated carbocycles. The van der Waals surface area contributed by atoms with Crippen LogP contribution < -0.4 is 5.32 Å². The Labute approximate surface area is 118 Å². The van der Waals surface area contributed by atoms with E-state index < -0.39 is 6.04 Å². The second-order valence-corrected chi connectivity index (χ2v) is 5.51. The fraction of sp³-hybridized carbons (Fsp3) is 0.500. The van der Waals surface area contributed by atoms with E-state index in [9.17, 15) is 9.18 Å². The van der Waals surface area contributed by atoms with Crippen molar-refractivity contribution in [2.45, 2.75) is 12.5 Å². The maximum absolute atomic E-state index is 13.8. The van der Waals surface area contributed by atoms with Gasteiger partial charge < -0.3 is 5.32 Å². The summed E-state index contributed by atoms with van der Waals surface area (Å²) in [5, 5.41) is 2.86. The normalized spacial score (nSPS) is 12.5. The van der Waals surface area contributed by atoms with Crippen molar-refractivity contribution < 1.29 is 9.18 Å². The van der Waals surface area contributed by atoms with Crippen LogP contribution in [0.4, 0.5) is 4.39 Å². The third-order valence-electron chi connectivity index (χ3n) is 2.79. The predicted molar refractivity (Wildman–Crippen MR) is 78.8 cm³/mol. The Kier molecular flexibility index (Phi) is 6.87. The van der Waals surface area contributed by atoms with Crippen molar-refractivity contribution in [2.24, 2.45) is 0 Å². The number of rotatable bonds is 7. The zero-order valence-corrected chi connectivity index (χ0v) is 12.5. The van der Waals surface area contributed by atoms with Gasteiger partial charge in [-0.25, -0.2) is 4.39 Å². The van der Waals surface area contributed by atoms with E-state index in [-0.39, 0.29) is 11.7 Å². The molecule has 0 spiro atoms. The maximum Gasteiger partial charge on any atom is 0.242 e. The molecule has 3 nitrogen and oxygen atoms in total. The predicted octanol–water partition coefficient (Wildman–Crippen LogP) is 2.30. The van der Waals surface area contributed by atoms with Gasteiger partial charge in [-0.2, -0.15) is 11.8 Å². The Balaban J connectivity index is 2.73. The molecule has 0 radical (unpaired) electrons. The van der Waals surface area contributed by atoms with Gasteiger partial charge >= 0.3 is 0 Å². The molecular formula is C14H21FN2OS. The lowest BCUT2D eigenvalue weighted by atomic mass is 10.0. The lowest BCUT2D eigenvalue weighted by Gasteiger charge is -2.24. The number of carbonyl (C=O) groups is 1. The SMILES string of the molecule is CSCCCNC(=O)C(c1ccccc1F)N(C)C. The molecule has 5 heteroatoms. The number of benzene rings is 1. The largest absolute Gasteiger partial charge is 0.354 e. The van der Waals surface area contributed by atoms with Crippen molar-refractivity contribution in [2.75, 3.05) is 32.6 Å². The van der Waals surface area contributed by atoms with Gasteiger partial charge in [0.1, 0.15) is 11.9 Å². The van der Waals surface area contributed by atoms with Gasteiger partial charge in [-0.3, -0.25) is 9.69 Å². The zero-order valence-electron chi connectivity index (χ0n) is 11.6. The number of thioether (sulfide) groups is 1. The van der Waals surface area contributed by atoms with Crippen molar-refractivity contribution in [1.82, 2.24) is 10.2 Å². The van der Waals surface area contributed by atoms with E-state index in [0.717, 1.165) is 12.2 Å². The first kappa shape index (κ1) is 16.0. The molecule has 0 aromatic heterocycles. The van der Waals surface area contributed by atoms with Gasteiger partial charge in [-0.1, -0.05) is 18.2 Å². The molecule has 0 aliphatic carbocycles. The number of nitrogens with zero attached hydrogens (tertiary/aromatic N) is 1. The van der Waals surface area contributed by atoms with Crippen LogP contribution in [-0.4, -0.2) is 43.5 Å². The minimum absolute atomic E-state index is 0.156. The minimum atomic E-state index is -0.588. The van der Waals surface area contributed by atoms with E-state index in [1.807, 2.05) is 6.26 Å². The summed E-state index contributed by atoms with van der Waals surface area (Å²) >= 11 is 1.75. The van der Waals surface area contributed by atoms with Gasteiger partial charge in [0.15, 0.2) is 0 Å². The summed E-state index contributed by atoms with van der Waals surface area (Å²) in [6.45, 7) is 0.623. The van der Waals surface area contributed by atoms with E-state index in [1.54, 1.807) is 49.0 Å². The van der Waals surface area contributed by atoms with Crippen LogP contribution in [0, 0.1) is 5.82 Å². The van der Waals surface area contributed by atoms with E-state index in [4.69, 9.17) is 0 Å². The molecule has 0 aliphatic heterocycles. The molecule has 1 aromatic carbocycles.